The standard InChI is InChI=1S/C14H16ClNO/c1-9-8-12(11(3)17-9)14(15)10(2)13-6-4-5-7-16-13/h4-8,10,14H,1-3H3. The van der Waals surface area contributed by atoms with Crippen molar-refractivity contribution in [3.05, 3.63) is 53.2 Å². The van der Waals surface area contributed by atoms with Crippen molar-refractivity contribution in [2.75, 3.05) is 0 Å². The number of rotatable bonds is 3. The van der Waals surface area contributed by atoms with Crippen LogP contribution >= 0.6 is 11.6 Å². The maximum Gasteiger partial charge on any atom is 0.105 e. The third kappa shape index (κ3) is 2.52. The van der Waals surface area contributed by atoms with Crippen molar-refractivity contribution in [2.24, 2.45) is 0 Å². The highest BCUT2D eigenvalue weighted by atomic mass is 35.5. The molecule has 0 N–H and O–H groups in total. The van der Waals surface area contributed by atoms with Crippen molar-refractivity contribution >= 4 is 11.6 Å². The number of furan rings is 1. The molecule has 0 aliphatic rings. The van der Waals surface area contributed by atoms with Crippen LogP contribution in [0.15, 0.2) is 34.9 Å². The molecule has 3 heteroatoms. The predicted molar refractivity (Wildman–Crippen MR) is 69.4 cm³/mol. The minimum atomic E-state index is -0.109. The van der Waals surface area contributed by atoms with E-state index >= 15 is 0 Å². The van der Waals surface area contributed by atoms with E-state index in [0.717, 1.165) is 22.8 Å². The van der Waals surface area contributed by atoms with Gasteiger partial charge in [0, 0.05) is 23.4 Å². The Kier molecular flexibility index (Phi) is 3.53. The number of aromatic nitrogens is 1. The molecule has 0 radical (unpaired) electrons. The number of hydrogen-bond acceptors (Lipinski definition) is 2. The number of hydrogen-bond donors (Lipinski definition) is 0. The second-order valence-corrected chi connectivity index (χ2v) is 4.78. The minimum absolute atomic E-state index is 0.109. The molecular weight excluding hydrogens is 234 g/mol. The molecule has 2 aromatic rings. The summed E-state index contributed by atoms with van der Waals surface area (Å²) in [6, 6.07) is 7.90. The van der Waals surface area contributed by atoms with Gasteiger partial charge >= 0.3 is 0 Å². The Hall–Kier alpha value is -1.28. The first-order valence-corrected chi connectivity index (χ1v) is 6.15. The Morgan fingerprint density at radius 2 is 2.06 bits per heavy atom. The lowest BCUT2D eigenvalue weighted by atomic mass is 9.97. The van der Waals surface area contributed by atoms with Gasteiger partial charge in [-0.25, -0.2) is 0 Å². The first-order valence-electron chi connectivity index (χ1n) is 5.71. The van der Waals surface area contributed by atoms with Gasteiger partial charge in [-0.15, -0.1) is 11.6 Å². The molecule has 2 atom stereocenters. The van der Waals surface area contributed by atoms with Crippen LogP contribution in [0.4, 0.5) is 0 Å². The molecule has 2 heterocycles. The molecule has 0 aromatic carbocycles. The Labute approximate surface area is 107 Å². The SMILES string of the molecule is Cc1cc(C(Cl)C(C)c2ccccn2)c(C)o1. The van der Waals surface area contributed by atoms with Crippen LogP contribution in [-0.4, -0.2) is 4.98 Å². The van der Waals surface area contributed by atoms with Crippen LogP contribution in [0.2, 0.25) is 0 Å². The van der Waals surface area contributed by atoms with Crippen LogP contribution in [0.5, 0.6) is 0 Å². The lowest BCUT2D eigenvalue weighted by molar-refractivity contribution is 0.499. The average molecular weight is 250 g/mol. The fourth-order valence-electron chi connectivity index (χ4n) is 1.99. The number of alkyl halides is 1. The first kappa shape index (κ1) is 12.2. The molecule has 17 heavy (non-hydrogen) atoms. The van der Waals surface area contributed by atoms with Crippen molar-refractivity contribution in [2.45, 2.75) is 32.1 Å². The van der Waals surface area contributed by atoms with Gasteiger partial charge in [0.1, 0.15) is 11.5 Å². The third-order valence-corrected chi connectivity index (χ3v) is 3.58. The van der Waals surface area contributed by atoms with E-state index in [1.54, 1.807) is 6.20 Å². The molecule has 2 nitrogen and oxygen atoms in total. The zero-order valence-corrected chi connectivity index (χ0v) is 11.0. The quantitative estimate of drug-likeness (QED) is 0.755. The molecule has 0 bridgehead atoms. The number of halogens is 1. The lowest BCUT2D eigenvalue weighted by Crippen LogP contribution is -2.04. The molecule has 0 aliphatic heterocycles. The molecule has 0 saturated carbocycles. The van der Waals surface area contributed by atoms with Crippen LogP contribution in [0.25, 0.3) is 0 Å². The lowest BCUT2D eigenvalue weighted by Gasteiger charge is -2.16. The van der Waals surface area contributed by atoms with Gasteiger partial charge in [-0.2, -0.15) is 0 Å². The Morgan fingerprint density at radius 3 is 2.59 bits per heavy atom. The normalized spacial score (nSPS) is 14.6. The summed E-state index contributed by atoms with van der Waals surface area (Å²) in [6.07, 6.45) is 1.79. The fraction of sp³-hybridized carbons (Fsp3) is 0.357. The second-order valence-electron chi connectivity index (χ2n) is 4.31. The fourth-order valence-corrected chi connectivity index (χ4v) is 2.33. The molecule has 0 saturated heterocycles. The van der Waals surface area contributed by atoms with Crippen LogP contribution in [-0.2, 0) is 0 Å². The zero-order valence-electron chi connectivity index (χ0n) is 10.3. The van der Waals surface area contributed by atoms with Crippen LogP contribution in [0.3, 0.4) is 0 Å². The summed E-state index contributed by atoms with van der Waals surface area (Å²) in [6.45, 7) is 5.97. The smallest absolute Gasteiger partial charge is 0.105 e. The highest BCUT2D eigenvalue weighted by Gasteiger charge is 2.23. The number of pyridine rings is 1. The van der Waals surface area contributed by atoms with E-state index in [9.17, 15) is 0 Å². The Bertz CT molecular complexity index is 492. The minimum Gasteiger partial charge on any atom is -0.466 e. The summed E-state index contributed by atoms with van der Waals surface area (Å²) in [5.41, 5.74) is 2.06. The van der Waals surface area contributed by atoms with Gasteiger partial charge in [0.25, 0.3) is 0 Å². The van der Waals surface area contributed by atoms with E-state index in [-0.39, 0.29) is 11.3 Å². The Morgan fingerprint density at radius 1 is 1.29 bits per heavy atom. The van der Waals surface area contributed by atoms with Crippen molar-refractivity contribution in [1.29, 1.82) is 0 Å². The molecule has 0 fully saturated rings. The van der Waals surface area contributed by atoms with Crippen LogP contribution < -0.4 is 0 Å². The van der Waals surface area contributed by atoms with Gasteiger partial charge in [0.15, 0.2) is 0 Å². The first-order chi connectivity index (χ1) is 8.09. The molecule has 2 aromatic heterocycles. The maximum absolute atomic E-state index is 6.51. The molecule has 0 aliphatic carbocycles. The van der Waals surface area contributed by atoms with Crippen LogP contribution in [0.1, 0.15) is 41.0 Å². The van der Waals surface area contributed by atoms with Gasteiger partial charge in [0.2, 0.25) is 0 Å². The van der Waals surface area contributed by atoms with Crippen molar-refractivity contribution < 1.29 is 4.42 Å². The number of aryl methyl sites for hydroxylation is 2. The molecule has 2 unspecified atom stereocenters. The molecule has 90 valence electrons. The van der Waals surface area contributed by atoms with Gasteiger partial charge < -0.3 is 4.42 Å². The third-order valence-electron chi connectivity index (χ3n) is 2.97. The summed E-state index contributed by atoms with van der Waals surface area (Å²) in [7, 11) is 0. The van der Waals surface area contributed by atoms with Crippen molar-refractivity contribution in [3.63, 3.8) is 0 Å². The predicted octanol–water partition coefficient (Wildman–Crippen LogP) is 4.38. The molecule has 0 spiro atoms. The van der Waals surface area contributed by atoms with Gasteiger partial charge in [-0.05, 0) is 32.0 Å². The molecular formula is C14H16ClNO. The topological polar surface area (TPSA) is 26.0 Å². The average Bonchev–Trinajstić information content (AvgIpc) is 2.68. The highest BCUT2D eigenvalue weighted by molar-refractivity contribution is 6.21. The van der Waals surface area contributed by atoms with Gasteiger partial charge in [-0.3, -0.25) is 4.98 Å². The monoisotopic (exact) mass is 249 g/mol. The largest absolute Gasteiger partial charge is 0.466 e. The summed E-state index contributed by atoms with van der Waals surface area (Å²) in [5.74, 6) is 1.95. The van der Waals surface area contributed by atoms with E-state index in [1.165, 1.54) is 0 Å². The zero-order chi connectivity index (χ0) is 12.4. The van der Waals surface area contributed by atoms with E-state index in [1.807, 2.05) is 38.1 Å². The van der Waals surface area contributed by atoms with Gasteiger partial charge in [-0.1, -0.05) is 13.0 Å². The van der Waals surface area contributed by atoms with Crippen molar-refractivity contribution in [1.82, 2.24) is 4.98 Å². The van der Waals surface area contributed by atoms with E-state index in [0.29, 0.717) is 0 Å². The van der Waals surface area contributed by atoms with E-state index in [4.69, 9.17) is 16.0 Å². The van der Waals surface area contributed by atoms with Gasteiger partial charge in [0.05, 0.1) is 5.38 Å². The van der Waals surface area contributed by atoms with Crippen molar-refractivity contribution in [3.8, 4) is 0 Å². The summed E-state index contributed by atoms with van der Waals surface area (Å²) in [4.78, 5) is 4.35. The van der Waals surface area contributed by atoms with E-state index < -0.39 is 0 Å². The summed E-state index contributed by atoms with van der Waals surface area (Å²) in [5, 5.41) is -0.109. The second kappa shape index (κ2) is 4.92. The molecule has 2 rings (SSSR count). The number of nitrogens with zero attached hydrogens (tertiary/aromatic N) is 1. The van der Waals surface area contributed by atoms with E-state index in [2.05, 4.69) is 11.9 Å². The summed E-state index contributed by atoms with van der Waals surface area (Å²) >= 11 is 6.51. The Balaban J connectivity index is 2.26. The highest BCUT2D eigenvalue weighted by Crippen LogP contribution is 2.37. The van der Waals surface area contributed by atoms with Crippen LogP contribution in [0, 0.1) is 13.8 Å². The summed E-state index contributed by atoms with van der Waals surface area (Å²) < 4.78 is 5.52. The maximum atomic E-state index is 6.51. The molecule has 0 amide bonds.